The van der Waals surface area contributed by atoms with Crippen LogP contribution in [0.25, 0.3) is 16.8 Å². The number of hydrogen-bond acceptors (Lipinski definition) is 5. The zero-order chi connectivity index (χ0) is 22.2. The second-order valence-electron chi connectivity index (χ2n) is 6.66. The maximum absolute atomic E-state index is 13.3. The lowest BCUT2D eigenvalue weighted by atomic mass is 9.99. The van der Waals surface area contributed by atoms with Crippen molar-refractivity contribution >= 4 is 34.4 Å². The molecule has 4 aromatic rings. The fraction of sp³-hybridized carbons (Fsp3) is 0.150. The topological polar surface area (TPSA) is 85.3 Å². The number of nitrogens with zero attached hydrogens (tertiary/aromatic N) is 3. The van der Waals surface area contributed by atoms with Crippen LogP contribution in [0.15, 0.2) is 60.9 Å². The number of alkyl halides is 3. The number of rotatable bonds is 5. The Labute approximate surface area is 183 Å². The molecule has 0 bridgehead atoms. The van der Waals surface area contributed by atoms with Gasteiger partial charge >= 0.3 is 6.18 Å². The third-order valence-electron chi connectivity index (χ3n) is 4.64. The van der Waals surface area contributed by atoms with Gasteiger partial charge in [0, 0.05) is 11.8 Å². The monoisotopic (exact) mass is 465 g/mol. The summed E-state index contributed by atoms with van der Waals surface area (Å²) in [4.78, 5) is 17.1. The van der Waals surface area contributed by atoms with Gasteiger partial charge in [-0.1, -0.05) is 59.3 Å². The minimum atomic E-state index is -4.71. The highest BCUT2D eigenvalue weighted by atomic mass is 35.5. The number of carbonyl (C=O) groups excluding carboxylic acids is 1. The number of carbonyl (C=O) groups is 1. The van der Waals surface area contributed by atoms with E-state index in [-0.39, 0.29) is 14.9 Å². The van der Waals surface area contributed by atoms with E-state index in [1.54, 1.807) is 41.2 Å². The number of pyridine rings is 1. The van der Waals surface area contributed by atoms with Gasteiger partial charge in [-0.2, -0.15) is 18.3 Å². The maximum atomic E-state index is 13.3. The van der Waals surface area contributed by atoms with Crippen molar-refractivity contribution in [2.75, 3.05) is 0 Å². The van der Waals surface area contributed by atoms with Crippen molar-refractivity contribution in [1.29, 1.82) is 0 Å². The average Bonchev–Trinajstić information content (AvgIpc) is 3.34. The van der Waals surface area contributed by atoms with Gasteiger partial charge in [0.25, 0.3) is 5.91 Å². The molecule has 11 heteroatoms. The van der Waals surface area contributed by atoms with Crippen LogP contribution < -0.4 is 11.1 Å². The predicted molar refractivity (Wildman–Crippen MR) is 112 cm³/mol. The second-order valence-corrected chi connectivity index (χ2v) is 8.26. The molecule has 3 aromatic heterocycles. The summed E-state index contributed by atoms with van der Waals surface area (Å²) in [5, 5.41) is 6.49. The van der Waals surface area contributed by atoms with Gasteiger partial charge in [0.05, 0.1) is 17.8 Å². The lowest BCUT2D eigenvalue weighted by molar-refractivity contribution is -0.153. The molecule has 6 nitrogen and oxygen atoms in total. The Bertz CT molecular complexity index is 1220. The highest BCUT2D eigenvalue weighted by molar-refractivity contribution is 7.18. The highest BCUT2D eigenvalue weighted by Crippen LogP contribution is 2.35. The normalized spacial score (nSPS) is 13.8. The average molecular weight is 466 g/mol. The largest absolute Gasteiger partial charge is 0.405 e. The Balaban J connectivity index is 1.65. The van der Waals surface area contributed by atoms with Crippen molar-refractivity contribution in [1.82, 2.24) is 19.9 Å². The van der Waals surface area contributed by atoms with Gasteiger partial charge in [-0.3, -0.25) is 4.79 Å². The molecule has 0 aliphatic rings. The molecule has 0 saturated heterocycles. The van der Waals surface area contributed by atoms with E-state index in [0.717, 1.165) is 16.9 Å². The number of nitrogens with one attached hydrogen (secondary N) is 1. The molecule has 1 amide bonds. The number of benzene rings is 1. The van der Waals surface area contributed by atoms with Crippen LogP contribution in [0.2, 0.25) is 4.34 Å². The van der Waals surface area contributed by atoms with Crippen molar-refractivity contribution in [3.8, 4) is 11.3 Å². The van der Waals surface area contributed by atoms with Crippen LogP contribution in [-0.2, 0) is 0 Å². The van der Waals surface area contributed by atoms with Crippen LogP contribution >= 0.6 is 22.9 Å². The van der Waals surface area contributed by atoms with Gasteiger partial charge in [0.2, 0.25) is 0 Å². The minimum Gasteiger partial charge on any atom is -0.341 e. The summed E-state index contributed by atoms with van der Waals surface area (Å²) in [6, 6.07) is 9.38. The maximum Gasteiger partial charge on any atom is 0.405 e. The lowest BCUT2D eigenvalue weighted by Gasteiger charge is -2.26. The molecule has 4 rings (SSSR count). The molecule has 0 spiro atoms. The molecule has 0 saturated carbocycles. The van der Waals surface area contributed by atoms with Gasteiger partial charge < -0.3 is 11.1 Å². The SMILES string of the molecule is NC(C(NC(=O)c1nc(-c2cnn3ccccc23)c(Cl)s1)c1ccccc1)C(F)(F)F. The molecule has 0 fully saturated rings. The third kappa shape index (κ3) is 4.27. The van der Waals surface area contributed by atoms with E-state index in [1.807, 2.05) is 12.1 Å². The highest BCUT2D eigenvalue weighted by Gasteiger charge is 2.43. The smallest absolute Gasteiger partial charge is 0.341 e. The van der Waals surface area contributed by atoms with E-state index in [9.17, 15) is 18.0 Å². The Morgan fingerprint density at radius 2 is 1.87 bits per heavy atom. The van der Waals surface area contributed by atoms with Crippen LogP contribution in [0.3, 0.4) is 0 Å². The first-order valence-corrected chi connectivity index (χ1v) is 10.2. The molecule has 0 aliphatic heterocycles. The van der Waals surface area contributed by atoms with Gasteiger partial charge in [0.15, 0.2) is 5.01 Å². The molecular weight excluding hydrogens is 451 g/mol. The van der Waals surface area contributed by atoms with Gasteiger partial charge in [-0.15, -0.1) is 0 Å². The van der Waals surface area contributed by atoms with E-state index in [1.165, 1.54) is 12.1 Å². The number of aromatic nitrogens is 3. The number of halogens is 4. The van der Waals surface area contributed by atoms with Crippen molar-refractivity contribution < 1.29 is 18.0 Å². The zero-order valence-electron chi connectivity index (χ0n) is 15.7. The van der Waals surface area contributed by atoms with Crippen molar-refractivity contribution in [2.24, 2.45) is 5.73 Å². The predicted octanol–water partition coefficient (Wildman–Crippen LogP) is 4.47. The zero-order valence-corrected chi connectivity index (χ0v) is 17.2. The van der Waals surface area contributed by atoms with Gasteiger partial charge in [-0.05, 0) is 17.7 Å². The number of amides is 1. The standard InChI is InChI=1S/C20H15ClF3N5OS/c21-17-15(12-10-26-29-9-5-4-8-13(12)29)28-19(31-17)18(30)27-14(16(25)20(22,23)24)11-6-2-1-3-7-11/h1-10,14,16H,25H2,(H,27,30). The van der Waals surface area contributed by atoms with Crippen LogP contribution in [-0.4, -0.2) is 32.7 Å². The fourth-order valence-corrected chi connectivity index (χ4v) is 4.19. The summed E-state index contributed by atoms with van der Waals surface area (Å²) in [5.74, 6) is -0.803. The van der Waals surface area contributed by atoms with Crippen molar-refractivity contribution in [3.05, 3.63) is 75.8 Å². The Morgan fingerprint density at radius 3 is 2.58 bits per heavy atom. The molecule has 2 atom stereocenters. The molecule has 3 heterocycles. The number of thiazole rings is 1. The van der Waals surface area contributed by atoms with Crippen LogP contribution in [0, 0.1) is 0 Å². The number of fused-ring (bicyclic) bond motifs is 1. The van der Waals surface area contributed by atoms with E-state index in [0.29, 0.717) is 11.3 Å². The first kappa shape index (κ1) is 21.3. The Hall–Kier alpha value is -2.95. The van der Waals surface area contributed by atoms with E-state index in [4.69, 9.17) is 17.3 Å². The number of hydrogen-bond donors (Lipinski definition) is 2. The van der Waals surface area contributed by atoms with E-state index < -0.39 is 24.2 Å². The lowest BCUT2D eigenvalue weighted by Crippen LogP contribution is -2.49. The summed E-state index contributed by atoms with van der Waals surface area (Å²) < 4.78 is 41.8. The number of nitrogens with two attached hydrogens (primary N) is 1. The summed E-state index contributed by atoms with van der Waals surface area (Å²) in [6.45, 7) is 0. The first-order valence-electron chi connectivity index (χ1n) is 9.03. The van der Waals surface area contributed by atoms with Crippen LogP contribution in [0.4, 0.5) is 13.2 Å². The molecular formula is C20H15ClF3N5OS. The van der Waals surface area contributed by atoms with Crippen LogP contribution in [0.5, 0.6) is 0 Å². The minimum absolute atomic E-state index is 0.0782. The second kappa shape index (κ2) is 8.29. The summed E-state index contributed by atoms with van der Waals surface area (Å²) in [5.41, 5.74) is 7.32. The summed E-state index contributed by atoms with van der Waals surface area (Å²) in [6.07, 6.45) is -1.41. The van der Waals surface area contributed by atoms with Crippen LogP contribution in [0.1, 0.15) is 21.4 Å². The molecule has 31 heavy (non-hydrogen) atoms. The summed E-state index contributed by atoms with van der Waals surface area (Å²) >= 11 is 7.17. The Kier molecular flexibility index (Phi) is 5.69. The molecule has 160 valence electrons. The van der Waals surface area contributed by atoms with Gasteiger partial charge in [-0.25, -0.2) is 9.50 Å². The molecule has 3 N–H and O–H groups in total. The van der Waals surface area contributed by atoms with Crippen molar-refractivity contribution in [2.45, 2.75) is 18.3 Å². The quantitative estimate of drug-likeness (QED) is 0.455. The summed E-state index contributed by atoms with van der Waals surface area (Å²) in [7, 11) is 0. The third-order valence-corrected chi connectivity index (χ3v) is 5.90. The fourth-order valence-electron chi connectivity index (χ4n) is 3.11. The first-order chi connectivity index (χ1) is 14.8. The molecule has 0 aliphatic carbocycles. The van der Waals surface area contributed by atoms with E-state index in [2.05, 4.69) is 15.4 Å². The van der Waals surface area contributed by atoms with E-state index >= 15 is 0 Å². The molecule has 0 radical (unpaired) electrons. The Morgan fingerprint density at radius 1 is 1.16 bits per heavy atom. The van der Waals surface area contributed by atoms with Crippen molar-refractivity contribution in [3.63, 3.8) is 0 Å². The molecule has 1 aromatic carbocycles. The molecule has 2 unspecified atom stereocenters. The van der Waals surface area contributed by atoms with Gasteiger partial charge in [0.1, 0.15) is 16.1 Å².